The maximum atomic E-state index is 5.80. The molecule has 3 rings (SSSR count). The summed E-state index contributed by atoms with van der Waals surface area (Å²) in [6, 6.07) is 6.46. The van der Waals surface area contributed by atoms with Gasteiger partial charge in [-0.25, -0.2) is 0 Å². The Hall–Kier alpha value is -1.30. The minimum Gasteiger partial charge on any atom is -0.454 e. The predicted octanol–water partition coefficient (Wildman–Crippen LogP) is 1.78. The maximum Gasteiger partial charge on any atom is 0.231 e. The first-order chi connectivity index (χ1) is 10.2. The quantitative estimate of drug-likeness (QED) is 0.916. The zero-order valence-corrected chi connectivity index (χ0v) is 13.0. The highest BCUT2D eigenvalue weighted by Gasteiger charge is 2.25. The summed E-state index contributed by atoms with van der Waals surface area (Å²) >= 11 is 0. The van der Waals surface area contributed by atoms with Crippen molar-refractivity contribution in [2.45, 2.75) is 32.1 Å². The van der Waals surface area contributed by atoms with Crippen LogP contribution in [0.15, 0.2) is 18.2 Å². The summed E-state index contributed by atoms with van der Waals surface area (Å²) in [4.78, 5) is 2.46. The summed E-state index contributed by atoms with van der Waals surface area (Å²) < 4.78 is 16.6. The topological polar surface area (TPSA) is 43.0 Å². The molecule has 1 N–H and O–H groups in total. The van der Waals surface area contributed by atoms with E-state index in [1.807, 2.05) is 13.1 Å². The van der Waals surface area contributed by atoms with E-state index in [0.717, 1.165) is 31.1 Å². The molecule has 2 heterocycles. The van der Waals surface area contributed by atoms with Gasteiger partial charge in [0.25, 0.3) is 0 Å². The minimum atomic E-state index is 0.275. The second kappa shape index (κ2) is 6.22. The van der Waals surface area contributed by atoms with Crippen LogP contribution in [0.4, 0.5) is 0 Å². The molecule has 0 amide bonds. The molecule has 3 unspecified atom stereocenters. The molecule has 0 aliphatic carbocycles. The molecule has 1 saturated heterocycles. The molecule has 2 aliphatic rings. The molecular weight excluding hydrogens is 268 g/mol. The van der Waals surface area contributed by atoms with Crippen LogP contribution in [0.5, 0.6) is 11.5 Å². The summed E-state index contributed by atoms with van der Waals surface area (Å²) in [5.41, 5.74) is 1.23. The molecule has 0 bridgehead atoms. The van der Waals surface area contributed by atoms with E-state index in [4.69, 9.17) is 14.2 Å². The molecule has 3 atom stereocenters. The Morgan fingerprint density at radius 1 is 1.19 bits per heavy atom. The molecule has 1 aromatic carbocycles. The van der Waals surface area contributed by atoms with Crippen molar-refractivity contribution in [1.29, 1.82) is 0 Å². The molecule has 0 saturated carbocycles. The van der Waals surface area contributed by atoms with Gasteiger partial charge in [-0.05, 0) is 38.6 Å². The number of fused-ring (bicyclic) bond motifs is 1. The van der Waals surface area contributed by atoms with Crippen molar-refractivity contribution in [2.75, 3.05) is 33.5 Å². The van der Waals surface area contributed by atoms with Crippen LogP contribution in [0.3, 0.4) is 0 Å². The molecular formula is C16H24N2O3. The van der Waals surface area contributed by atoms with Gasteiger partial charge in [-0.2, -0.15) is 0 Å². The fourth-order valence-electron chi connectivity index (χ4n) is 3.18. The largest absolute Gasteiger partial charge is 0.454 e. The van der Waals surface area contributed by atoms with Crippen molar-refractivity contribution in [2.24, 2.45) is 0 Å². The van der Waals surface area contributed by atoms with Crippen molar-refractivity contribution < 1.29 is 14.2 Å². The van der Waals surface area contributed by atoms with E-state index in [0.29, 0.717) is 19.0 Å². The Kier molecular flexibility index (Phi) is 4.33. The number of nitrogens with zero attached hydrogens (tertiary/aromatic N) is 1. The third kappa shape index (κ3) is 3.31. The van der Waals surface area contributed by atoms with Crippen LogP contribution in [0.25, 0.3) is 0 Å². The lowest BCUT2D eigenvalue weighted by molar-refractivity contribution is -0.0698. The number of likely N-dealkylation sites (N-methyl/N-ethyl adjacent to an activating group) is 1. The summed E-state index contributed by atoms with van der Waals surface area (Å²) in [6.45, 7) is 7.52. The third-order valence-electron chi connectivity index (χ3n) is 4.08. The fourth-order valence-corrected chi connectivity index (χ4v) is 3.18. The first-order valence-corrected chi connectivity index (χ1v) is 7.60. The number of morpholine rings is 1. The molecule has 21 heavy (non-hydrogen) atoms. The van der Waals surface area contributed by atoms with Crippen molar-refractivity contribution in [3.05, 3.63) is 23.8 Å². The predicted molar refractivity (Wildman–Crippen MR) is 80.8 cm³/mol. The van der Waals surface area contributed by atoms with Crippen molar-refractivity contribution in [1.82, 2.24) is 10.2 Å². The summed E-state index contributed by atoms with van der Waals surface area (Å²) in [5, 5.41) is 3.41. The average Bonchev–Trinajstić information content (AvgIpc) is 2.91. The number of benzene rings is 1. The molecule has 2 aliphatic heterocycles. The lowest BCUT2D eigenvalue weighted by Gasteiger charge is -2.37. The lowest BCUT2D eigenvalue weighted by atomic mass is 10.0. The van der Waals surface area contributed by atoms with Crippen LogP contribution in [-0.4, -0.2) is 50.6 Å². The van der Waals surface area contributed by atoms with E-state index >= 15 is 0 Å². The first kappa shape index (κ1) is 14.6. The Labute approximate surface area is 126 Å². The second-order valence-corrected chi connectivity index (χ2v) is 5.93. The summed E-state index contributed by atoms with van der Waals surface area (Å²) in [7, 11) is 2.00. The number of nitrogens with one attached hydrogen (secondary N) is 1. The average molecular weight is 292 g/mol. The Morgan fingerprint density at radius 3 is 2.62 bits per heavy atom. The monoisotopic (exact) mass is 292 g/mol. The normalized spacial score (nSPS) is 26.8. The van der Waals surface area contributed by atoms with Crippen LogP contribution in [0.1, 0.15) is 25.5 Å². The van der Waals surface area contributed by atoms with Gasteiger partial charge in [-0.15, -0.1) is 0 Å². The van der Waals surface area contributed by atoms with E-state index in [9.17, 15) is 0 Å². The second-order valence-electron chi connectivity index (χ2n) is 5.93. The minimum absolute atomic E-state index is 0.275. The first-order valence-electron chi connectivity index (χ1n) is 7.60. The van der Waals surface area contributed by atoms with Gasteiger partial charge in [0.1, 0.15) is 0 Å². The molecule has 0 spiro atoms. The van der Waals surface area contributed by atoms with Gasteiger partial charge in [-0.1, -0.05) is 6.07 Å². The van der Waals surface area contributed by atoms with Crippen LogP contribution in [-0.2, 0) is 4.74 Å². The molecule has 116 valence electrons. The highest BCUT2D eigenvalue weighted by Crippen LogP contribution is 2.34. The molecule has 5 nitrogen and oxygen atoms in total. The number of rotatable bonds is 4. The standard InChI is InChI=1S/C16H24N2O3/c1-11-7-18(8-12(2)21-11)9-14(17-3)13-4-5-15-16(6-13)20-10-19-15/h4-6,11-12,14,17H,7-10H2,1-3H3. The van der Waals surface area contributed by atoms with Crippen molar-refractivity contribution in [3.8, 4) is 11.5 Å². The van der Waals surface area contributed by atoms with Gasteiger partial charge in [-0.3, -0.25) is 4.90 Å². The van der Waals surface area contributed by atoms with Gasteiger partial charge in [0, 0.05) is 25.7 Å². The van der Waals surface area contributed by atoms with Crippen LogP contribution < -0.4 is 14.8 Å². The molecule has 5 heteroatoms. The van der Waals surface area contributed by atoms with Crippen LogP contribution >= 0.6 is 0 Å². The molecule has 1 fully saturated rings. The molecule has 1 aromatic rings. The zero-order valence-electron chi connectivity index (χ0n) is 13.0. The van der Waals surface area contributed by atoms with Crippen molar-refractivity contribution in [3.63, 3.8) is 0 Å². The van der Waals surface area contributed by atoms with Gasteiger partial charge < -0.3 is 19.5 Å². The molecule has 0 radical (unpaired) electrons. The highest BCUT2D eigenvalue weighted by molar-refractivity contribution is 5.45. The number of ether oxygens (including phenoxy) is 3. The highest BCUT2D eigenvalue weighted by atomic mass is 16.7. The SMILES string of the molecule is CNC(CN1CC(C)OC(C)C1)c1ccc2c(c1)OCO2. The van der Waals surface area contributed by atoms with Crippen LogP contribution in [0.2, 0.25) is 0 Å². The Balaban J connectivity index is 1.70. The Morgan fingerprint density at radius 2 is 1.90 bits per heavy atom. The Bertz CT molecular complexity index is 484. The number of hydrogen-bond donors (Lipinski definition) is 1. The fraction of sp³-hybridized carbons (Fsp3) is 0.625. The smallest absolute Gasteiger partial charge is 0.231 e. The van der Waals surface area contributed by atoms with Crippen LogP contribution in [0, 0.1) is 0 Å². The summed E-state index contributed by atoms with van der Waals surface area (Å²) in [6.07, 6.45) is 0.589. The van der Waals surface area contributed by atoms with E-state index < -0.39 is 0 Å². The van der Waals surface area contributed by atoms with E-state index in [1.165, 1.54) is 5.56 Å². The van der Waals surface area contributed by atoms with Gasteiger partial charge in [0.05, 0.1) is 12.2 Å². The molecule has 0 aromatic heterocycles. The van der Waals surface area contributed by atoms with Gasteiger partial charge in [0.2, 0.25) is 6.79 Å². The van der Waals surface area contributed by atoms with Crippen molar-refractivity contribution >= 4 is 0 Å². The zero-order chi connectivity index (χ0) is 14.8. The van der Waals surface area contributed by atoms with E-state index in [-0.39, 0.29) is 6.04 Å². The lowest BCUT2D eigenvalue weighted by Crippen LogP contribution is -2.48. The van der Waals surface area contributed by atoms with Gasteiger partial charge in [0.15, 0.2) is 11.5 Å². The van der Waals surface area contributed by atoms with E-state index in [1.54, 1.807) is 0 Å². The summed E-state index contributed by atoms with van der Waals surface area (Å²) in [5.74, 6) is 1.68. The number of hydrogen-bond acceptors (Lipinski definition) is 5. The van der Waals surface area contributed by atoms with E-state index in [2.05, 4.69) is 36.2 Å². The maximum absolute atomic E-state index is 5.80. The third-order valence-corrected chi connectivity index (χ3v) is 4.08. The van der Waals surface area contributed by atoms with Gasteiger partial charge >= 0.3 is 0 Å².